The van der Waals surface area contributed by atoms with Crippen LogP contribution in [-0.4, -0.2) is 18.2 Å². The summed E-state index contributed by atoms with van der Waals surface area (Å²) in [6, 6.07) is 5.11. The number of nitrogen functional groups attached to an aromatic ring is 1. The van der Waals surface area contributed by atoms with E-state index in [1.54, 1.807) is 25.3 Å². The van der Waals surface area contributed by atoms with Crippen molar-refractivity contribution in [3.8, 4) is 5.75 Å². The third-order valence-corrected chi connectivity index (χ3v) is 2.00. The second-order valence-electron chi connectivity index (χ2n) is 3.13. The van der Waals surface area contributed by atoms with Crippen LogP contribution in [0.25, 0.3) is 6.08 Å². The summed E-state index contributed by atoms with van der Waals surface area (Å²) in [4.78, 5) is 10.6. The van der Waals surface area contributed by atoms with Crippen molar-refractivity contribution in [3.63, 3.8) is 0 Å². The minimum Gasteiger partial charge on any atom is -0.497 e. The van der Waals surface area contributed by atoms with Gasteiger partial charge in [-0.3, -0.25) is 0 Å². The monoisotopic (exact) mass is 207 g/mol. The van der Waals surface area contributed by atoms with E-state index in [1.165, 1.54) is 13.0 Å². The largest absolute Gasteiger partial charge is 0.497 e. The average molecular weight is 207 g/mol. The third kappa shape index (κ3) is 2.74. The quantitative estimate of drug-likeness (QED) is 0.585. The van der Waals surface area contributed by atoms with E-state index < -0.39 is 5.97 Å². The van der Waals surface area contributed by atoms with E-state index in [-0.39, 0.29) is 5.57 Å². The van der Waals surface area contributed by atoms with Crippen molar-refractivity contribution < 1.29 is 14.6 Å². The van der Waals surface area contributed by atoms with E-state index in [4.69, 9.17) is 15.6 Å². The van der Waals surface area contributed by atoms with Gasteiger partial charge in [-0.1, -0.05) is 0 Å². The minimum atomic E-state index is -0.954. The molecule has 80 valence electrons. The van der Waals surface area contributed by atoms with Crippen LogP contribution in [0.2, 0.25) is 0 Å². The smallest absolute Gasteiger partial charge is 0.331 e. The molecule has 1 aromatic rings. The van der Waals surface area contributed by atoms with Crippen LogP contribution in [0.4, 0.5) is 5.69 Å². The standard InChI is InChI=1S/C11H13NO3/c1-7(11(13)14)5-8-3-4-9(15-2)6-10(8)12/h3-6H,12H2,1-2H3,(H,13,14). The van der Waals surface area contributed by atoms with Crippen molar-refractivity contribution in [3.05, 3.63) is 29.3 Å². The van der Waals surface area contributed by atoms with Crippen molar-refractivity contribution in [1.82, 2.24) is 0 Å². The third-order valence-electron chi connectivity index (χ3n) is 2.00. The van der Waals surface area contributed by atoms with Gasteiger partial charge in [0.05, 0.1) is 7.11 Å². The Balaban J connectivity index is 3.07. The average Bonchev–Trinajstić information content (AvgIpc) is 2.20. The molecular weight excluding hydrogens is 194 g/mol. The zero-order valence-electron chi connectivity index (χ0n) is 8.65. The molecule has 3 N–H and O–H groups in total. The second kappa shape index (κ2) is 4.50. The molecule has 4 heteroatoms. The number of nitrogens with two attached hydrogens (primary N) is 1. The van der Waals surface area contributed by atoms with Gasteiger partial charge in [-0.2, -0.15) is 0 Å². The first-order valence-electron chi connectivity index (χ1n) is 4.39. The Morgan fingerprint density at radius 3 is 2.67 bits per heavy atom. The molecule has 0 spiro atoms. The molecule has 1 aromatic carbocycles. The van der Waals surface area contributed by atoms with Gasteiger partial charge in [0.1, 0.15) is 5.75 Å². The van der Waals surface area contributed by atoms with E-state index in [1.807, 2.05) is 0 Å². The maximum atomic E-state index is 10.6. The number of carboxylic acid groups (broad SMARTS) is 1. The number of methoxy groups -OCH3 is 1. The summed E-state index contributed by atoms with van der Waals surface area (Å²) in [7, 11) is 1.55. The maximum absolute atomic E-state index is 10.6. The normalized spacial score (nSPS) is 11.2. The predicted octanol–water partition coefficient (Wildman–Crippen LogP) is 1.77. The Hall–Kier alpha value is -1.97. The van der Waals surface area contributed by atoms with Crippen LogP contribution in [0.5, 0.6) is 5.75 Å². The first kappa shape index (κ1) is 11.1. The fourth-order valence-corrected chi connectivity index (χ4v) is 1.11. The SMILES string of the molecule is COc1ccc(C=C(C)C(=O)O)c(N)c1. The summed E-state index contributed by atoms with van der Waals surface area (Å²) in [5, 5.41) is 8.70. The highest BCUT2D eigenvalue weighted by molar-refractivity contribution is 5.92. The fraction of sp³-hybridized carbons (Fsp3) is 0.182. The number of carbonyl (C=O) groups is 1. The molecule has 0 aliphatic carbocycles. The molecule has 0 radical (unpaired) electrons. The lowest BCUT2D eigenvalue weighted by Crippen LogP contribution is -1.97. The minimum absolute atomic E-state index is 0.242. The van der Waals surface area contributed by atoms with Crippen LogP contribution in [0.15, 0.2) is 23.8 Å². The lowest BCUT2D eigenvalue weighted by Gasteiger charge is -2.04. The van der Waals surface area contributed by atoms with Crippen molar-refractivity contribution >= 4 is 17.7 Å². The topological polar surface area (TPSA) is 72.5 Å². The highest BCUT2D eigenvalue weighted by atomic mass is 16.5. The molecule has 0 unspecified atom stereocenters. The molecule has 4 nitrogen and oxygen atoms in total. The Bertz CT molecular complexity index is 410. The molecule has 0 amide bonds. The first-order chi connectivity index (χ1) is 7.04. The zero-order valence-corrected chi connectivity index (χ0v) is 8.65. The van der Waals surface area contributed by atoms with E-state index in [0.29, 0.717) is 17.0 Å². The summed E-state index contributed by atoms with van der Waals surface area (Å²) < 4.78 is 4.99. The number of hydrogen-bond donors (Lipinski definition) is 2. The molecule has 0 atom stereocenters. The molecule has 0 fully saturated rings. The van der Waals surface area contributed by atoms with Gasteiger partial charge in [0.15, 0.2) is 0 Å². The number of rotatable bonds is 3. The Kier molecular flexibility index (Phi) is 3.33. The van der Waals surface area contributed by atoms with E-state index in [0.717, 1.165) is 0 Å². The predicted molar refractivity (Wildman–Crippen MR) is 58.7 cm³/mol. The van der Waals surface area contributed by atoms with Crippen molar-refractivity contribution in [2.45, 2.75) is 6.92 Å². The summed E-state index contributed by atoms with van der Waals surface area (Å²) in [5.74, 6) is -0.303. The molecule has 0 aliphatic rings. The van der Waals surface area contributed by atoms with Gasteiger partial charge in [0.2, 0.25) is 0 Å². The molecule has 0 saturated heterocycles. The van der Waals surface area contributed by atoms with Crippen LogP contribution in [0.1, 0.15) is 12.5 Å². The summed E-state index contributed by atoms with van der Waals surface area (Å²) >= 11 is 0. The van der Waals surface area contributed by atoms with Crippen LogP contribution >= 0.6 is 0 Å². The number of benzene rings is 1. The molecular formula is C11H13NO3. The van der Waals surface area contributed by atoms with Crippen molar-refractivity contribution in [2.24, 2.45) is 0 Å². The number of carboxylic acids is 1. The van der Waals surface area contributed by atoms with E-state index >= 15 is 0 Å². The fourth-order valence-electron chi connectivity index (χ4n) is 1.11. The van der Waals surface area contributed by atoms with Crippen LogP contribution in [0, 0.1) is 0 Å². The van der Waals surface area contributed by atoms with Gasteiger partial charge in [0, 0.05) is 17.3 Å². The lowest BCUT2D eigenvalue weighted by molar-refractivity contribution is -0.132. The number of hydrogen-bond acceptors (Lipinski definition) is 3. The summed E-state index contributed by atoms with van der Waals surface area (Å²) in [6.07, 6.45) is 1.52. The zero-order chi connectivity index (χ0) is 11.4. The van der Waals surface area contributed by atoms with Crippen LogP contribution in [0.3, 0.4) is 0 Å². The molecule has 15 heavy (non-hydrogen) atoms. The first-order valence-corrected chi connectivity index (χ1v) is 4.39. The molecule has 1 rings (SSSR count). The molecule has 0 aliphatic heterocycles. The van der Waals surface area contributed by atoms with Gasteiger partial charge in [0.25, 0.3) is 0 Å². The van der Waals surface area contributed by atoms with Gasteiger partial charge < -0.3 is 15.6 Å². The second-order valence-corrected chi connectivity index (χ2v) is 3.13. The Labute approximate surface area is 88.0 Å². The van der Waals surface area contributed by atoms with Gasteiger partial charge >= 0.3 is 5.97 Å². The number of aliphatic carboxylic acids is 1. The summed E-state index contributed by atoms with van der Waals surface area (Å²) in [6.45, 7) is 1.52. The lowest BCUT2D eigenvalue weighted by atomic mass is 10.1. The van der Waals surface area contributed by atoms with Gasteiger partial charge in [-0.05, 0) is 30.7 Å². The number of anilines is 1. The van der Waals surface area contributed by atoms with Gasteiger partial charge in [-0.25, -0.2) is 4.79 Å². The van der Waals surface area contributed by atoms with Crippen LogP contribution < -0.4 is 10.5 Å². The number of ether oxygens (including phenoxy) is 1. The highest BCUT2D eigenvalue weighted by Crippen LogP contribution is 2.21. The van der Waals surface area contributed by atoms with Crippen molar-refractivity contribution in [1.29, 1.82) is 0 Å². The highest BCUT2D eigenvalue weighted by Gasteiger charge is 2.03. The van der Waals surface area contributed by atoms with Gasteiger partial charge in [-0.15, -0.1) is 0 Å². The molecule has 0 saturated carbocycles. The van der Waals surface area contributed by atoms with E-state index in [2.05, 4.69) is 0 Å². The summed E-state index contributed by atoms with van der Waals surface area (Å²) in [5.41, 5.74) is 7.14. The molecule has 0 heterocycles. The van der Waals surface area contributed by atoms with E-state index in [9.17, 15) is 4.79 Å². The molecule has 0 bridgehead atoms. The maximum Gasteiger partial charge on any atom is 0.331 e. The van der Waals surface area contributed by atoms with Crippen molar-refractivity contribution in [2.75, 3.05) is 12.8 Å². The van der Waals surface area contributed by atoms with Crippen LogP contribution in [-0.2, 0) is 4.79 Å². The Morgan fingerprint density at radius 1 is 1.53 bits per heavy atom. The Morgan fingerprint density at radius 2 is 2.20 bits per heavy atom. The molecule has 0 aromatic heterocycles.